The van der Waals surface area contributed by atoms with E-state index in [0.717, 1.165) is 32.1 Å². The Labute approximate surface area is 145 Å². The van der Waals surface area contributed by atoms with Crippen LogP contribution in [0.3, 0.4) is 0 Å². The lowest BCUT2D eigenvalue weighted by molar-refractivity contribution is -0.137. The van der Waals surface area contributed by atoms with Crippen LogP contribution in [-0.2, 0) is 4.79 Å². The molecular formula is C20H32O4. The van der Waals surface area contributed by atoms with Gasteiger partial charge in [-0.3, -0.25) is 4.79 Å². The third kappa shape index (κ3) is 16.4. The Kier molecular flexibility index (Phi) is 14.6. The zero-order chi connectivity index (χ0) is 18.0. The average Bonchev–Trinajstić information content (AvgIpc) is 2.54. The molecule has 0 saturated heterocycles. The third-order valence-electron chi connectivity index (χ3n) is 3.44. The number of carbonyl (C=O) groups is 1. The topological polar surface area (TPSA) is 77.8 Å². The van der Waals surface area contributed by atoms with Gasteiger partial charge in [-0.25, -0.2) is 0 Å². The zero-order valence-electron chi connectivity index (χ0n) is 14.8. The number of hydrogen-bond acceptors (Lipinski definition) is 3. The van der Waals surface area contributed by atoms with E-state index in [1.807, 2.05) is 24.3 Å². The van der Waals surface area contributed by atoms with Crippen LogP contribution < -0.4 is 0 Å². The molecule has 0 unspecified atom stereocenters. The number of aliphatic hydroxyl groups is 2. The van der Waals surface area contributed by atoms with Crippen molar-refractivity contribution in [3.8, 4) is 0 Å². The number of carboxylic acids is 1. The second-order valence-corrected chi connectivity index (χ2v) is 5.75. The van der Waals surface area contributed by atoms with Gasteiger partial charge in [0.2, 0.25) is 0 Å². The van der Waals surface area contributed by atoms with E-state index < -0.39 is 5.97 Å². The van der Waals surface area contributed by atoms with Gasteiger partial charge in [0.15, 0.2) is 0 Å². The Bertz CT molecular complexity index is 445. The van der Waals surface area contributed by atoms with Crippen molar-refractivity contribution in [1.82, 2.24) is 0 Å². The van der Waals surface area contributed by atoms with Gasteiger partial charge in [-0.1, -0.05) is 44.1 Å². The SMILES string of the molecule is CCCCC/C(O)=C/C/C(O)=C/C/C=C\C/C=C\CCCC(=O)O. The maximum Gasteiger partial charge on any atom is 0.303 e. The highest BCUT2D eigenvalue weighted by atomic mass is 16.4. The van der Waals surface area contributed by atoms with Crippen molar-refractivity contribution in [1.29, 1.82) is 0 Å². The lowest BCUT2D eigenvalue weighted by Crippen LogP contribution is -1.92. The molecule has 0 aromatic carbocycles. The van der Waals surface area contributed by atoms with Crippen LogP contribution in [0.1, 0.15) is 71.1 Å². The van der Waals surface area contributed by atoms with Crippen molar-refractivity contribution in [3.05, 3.63) is 48.0 Å². The predicted octanol–water partition coefficient (Wildman–Crippen LogP) is 5.99. The highest BCUT2D eigenvalue weighted by Gasteiger charge is 1.95. The Morgan fingerprint density at radius 3 is 2.21 bits per heavy atom. The van der Waals surface area contributed by atoms with Gasteiger partial charge in [0.05, 0.1) is 11.5 Å². The molecule has 136 valence electrons. The van der Waals surface area contributed by atoms with Gasteiger partial charge in [0.25, 0.3) is 0 Å². The fourth-order valence-corrected chi connectivity index (χ4v) is 2.02. The molecule has 4 heteroatoms. The van der Waals surface area contributed by atoms with Gasteiger partial charge >= 0.3 is 5.97 Å². The number of hydrogen-bond donors (Lipinski definition) is 3. The van der Waals surface area contributed by atoms with Gasteiger partial charge in [-0.15, -0.1) is 0 Å². The van der Waals surface area contributed by atoms with Crippen LogP contribution in [-0.4, -0.2) is 21.3 Å². The minimum absolute atomic E-state index is 0.215. The fourth-order valence-electron chi connectivity index (χ4n) is 2.02. The molecule has 0 aromatic heterocycles. The van der Waals surface area contributed by atoms with Crippen LogP contribution >= 0.6 is 0 Å². The molecule has 3 N–H and O–H groups in total. The van der Waals surface area contributed by atoms with Crippen molar-refractivity contribution in [3.63, 3.8) is 0 Å². The van der Waals surface area contributed by atoms with E-state index in [4.69, 9.17) is 5.11 Å². The first kappa shape index (κ1) is 22.0. The molecule has 4 nitrogen and oxygen atoms in total. The molecule has 24 heavy (non-hydrogen) atoms. The summed E-state index contributed by atoms with van der Waals surface area (Å²) in [5.74, 6) is -0.128. The Morgan fingerprint density at radius 2 is 1.50 bits per heavy atom. The summed E-state index contributed by atoms with van der Waals surface area (Å²) in [7, 11) is 0. The summed E-state index contributed by atoms with van der Waals surface area (Å²) in [6.07, 6.45) is 18.8. The molecule has 0 aliphatic rings. The number of aliphatic carboxylic acids is 1. The van der Waals surface area contributed by atoms with E-state index in [1.165, 1.54) is 0 Å². The maximum absolute atomic E-state index is 10.3. The molecule has 0 rings (SSSR count). The lowest BCUT2D eigenvalue weighted by atomic mass is 10.1. The minimum Gasteiger partial charge on any atom is -0.513 e. The van der Waals surface area contributed by atoms with Crippen LogP contribution in [0, 0.1) is 0 Å². The molecule has 0 aliphatic heterocycles. The Morgan fingerprint density at radius 1 is 0.792 bits per heavy atom. The molecular weight excluding hydrogens is 304 g/mol. The molecule has 0 amide bonds. The molecule has 0 aliphatic carbocycles. The molecule has 0 saturated carbocycles. The van der Waals surface area contributed by atoms with E-state index in [-0.39, 0.29) is 12.2 Å². The first-order valence-corrected chi connectivity index (χ1v) is 8.84. The number of unbranched alkanes of at least 4 members (excludes halogenated alkanes) is 3. The zero-order valence-corrected chi connectivity index (χ0v) is 14.8. The van der Waals surface area contributed by atoms with Crippen molar-refractivity contribution < 1.29 is 20.1 Å². The first-order chi connectivity index (χ1) is 11.6. The molecule has 0 fully saturated rings. The minimum atomic E-state index is -0.751. The van der Waals surface area contributed by atoms with Gasteiger partial charge in [0.1, 0.15) is 0 Å². The normalized spacial score (nSPS) is 13.2. The summed E-state index contributed by atoms with van der Waals surface area (Å²) in [6, 6.07) is 0. The molecule has 0 bridgehead atoms. The number of allylic oxidation sites excluding steroid dienone is 7. The number of rotatable bonds is 14. The van der Waals surface area contributed by atoms with E-state index in [1.54, 1.807) is 12.2 Å². The largest absolute Gasteiger partial charge is 0.513 e. The van der Waals surface area contributed by atoms with E-state index in [2.05, 4.69) is 6.92 Å². The molecule has 0 aromatic rings. The molecule has 0 spiro atoms. The van der Waals surface area contributed by atoms with Crippen LogP contribution in [0.2, 0.25) is 0 Å². The second-order valence-electron chi connectivity index (χ2n) is 5.75. The number of aliphatic hydroxyl groups excluding tert-OH is 2. The standard InChI is InChI=1S/C20H32O4/c1-2-3-10-13-18(21)16-17-19(22)14-11-8-6-4-5-7-9-12-15-20(23)24/h5-8,14,16,21-22H,2-4,9-13,15,17H2,1H3,(H,23,24)/b7-5-,8-6-,18-16-,19-14-. The van der Waals surface area contributed by atoms with Gasteiger partial charge in [-0.05, 0) is 44.3 Å². The molecule has 0 atom stereocenters. The Balaban J connectivity index is 3.78. The average molecular weight is 336 g/mol. The van der Waals surface area contributed by atoms with Crippen molar-refractivity contribution in [2.45, 2.75) is 71.1 Å². The monoisotopic (exact) mass is 336 g/mol. The predicted molar refractivity (Wildman–Crippen MR) is 99.2 cm³/mol. The van der Waals surface area contributed by atoms with Gasteiger partial charge in [-0.2, -0.15) is 0 Å². The van der Waals surface area contributed by atoms with Crippen LogP contribution in [0.15, 0.2) is 48.0 Å². The molecule has 0 heterocycles. The van der Waals surface area contributed by atoms with Gasteiger partial charge in [0, 0.05) is 19.3 Å². The number of carboxylic acid groups (broad SMARTS) is 1. The summed E-state index contributed by atoms with van der Waals surface area (Å²) < 4.78 is 0. The first-order valence-electron chi connectivity index (χ1n) is 8.84. The van der Waals surface area contributed by atoms with Crippen LogP contribution in [0.5, 0.6) is 0 Å². The summed E-state index contributed by atoms with van der Waals surface area (Å²) >= 11 is 0. The smallest absolute Gasteiger partial charge is 0.303 e. The fraction of sp³-hybridized carbons (Fsp3) is 0.550. The van der Waals surface area contributed by atoms with E-state index in [0.29, 0.717) is 31.4 Å². The highest BCUT2D eigenvalue weighted by molar-refractivity contribution is 5.66. The maximum atomic E-state index is 10.3. The van der Waals surface area contributed by atoms with Crippen LogP contribution in [0.25, 0.3) is 0 Å². The van der Waals surface area contributed by atoms with E-state index >= 15 is 0 Å². The van der Waals surface area contributed by atoms with E-state index in [9.17, 15) is 15.0 Å². The quantitative estimate of drug-likeness (QED) is 0.207. The van der Waals surface area contributed by atoms with Crippen molar-refractivity contribution in [2.75, 3.05) is 0 Å². The Hall–Kier alpha value is -1.97. The van der Waals surface area contributed by atoms with Crippen molar-refractivity contribution in [2.24, 2.45) is 0 Å². The summed E-state index contributed by atoms with van der Waals surface area (Å²) in [6.45, 7) is 2.12. The highest BCUT2D eigenvalue weighted by Crippen LogP contribution is 2.09. The molecule has 0 radical (unpaired) electrons. The van der Waals surface area contributed by atoms with Crippen molar-refractivity contribution >= 4 is 5.97 Å². The van der Waals surface area contributed by atoms with Crippen LogP contribution in [0.4, 0.5) is 0 Å². The lowest BCUT2D eigenvalue weighted by Gasteiger charge is -1.99. The van der Waals surface area contributed by atoms with Gasteiger partial charge < -0.3 is 15.3 Å². The summed E-state index contributed by atoms with van der Waals surface area (Å²) in [4.78, 5) is 10.3. The summed E-state index contributed by atoms with van der Waals surface area (Å²) in [5.41, 5.74) is 0. The third-order valence-corrected chi connectivity index (χ3v) is 3.44. The summed E-state index contributed by atoms with van der Waals surface area (Å²) in [5, 5.41) is 27.9. The second kappa shape index (κ2) is 15.9.